The first kappa shape index (κ1) is 15.7. The van der Waals surface area contributed by atoms with E-state index in [4.69, 9.17) is 0 Å². The molecule has 4 heteroatoms. The van der Waals surface area contributed by atoms with Crippen LogP contribution >= 0.6 is 22.7 Å². The maximum absolute atomic E-state index is 3.55. The molecule has 0 spiro atoms. The average molecular weight is 309 g/mol. The molecular weight excluding hydrogens is 284 g/mol. The number of nitrogens with zero attached hydrogens (tertiary/aromatic N) is 1. The van der Waals surface area contributed by atoms with Crippen LogP contribution in [-0.4, -0.2) is 31.1 Å². The van der Waals surface area contributed by atoms with E-state index in [2.05, 4.69) is 53.0 Å². The average Bonchev–Trinajstić information content (AvgIpc) is 3.13. The van der Waals surface area contributed by atoms with Gasteiger partial charge in [-0.15, -0.1) is 22.7 Å². The molecule has 1 N–H and O–H groups in total. The van der Waals surface area contributed by atoms with Gasteiger partial charge in [-0.25, -0.2) is 0 Å². The van der Waals surface area contributed by atoms with Crippen molar-refractivity contribution in [3.63, 3.8) is 0 Å². The molecule has 2 aromatic heterocycles. The van der Waals surface area contributed by atoms with Gasteiger partial charge in [0.2, 0.25) is 0 Å². The fraction of sp³-hybridized carbons (Fsp3) is 0.500. The van der Waals surface area contributed by atoms with Crippen molar-refractivity contribution >= 4 is 22.7 Å². The van der Waals surface area contributed by atoms with Crippen LogP contribution in [0.3, 0.4) is 0 Å². The van der Waals surface area contributed by atoms with Gasteiger partial charge < -0.3 is 10.2 Å². The lowest BCUT2D eigenvalue weighted by Crippen LogP contribution is -2.27. The summed E-state index contributed by atoms with van der Waals surface area (Å²) in [6.07, 6.45) is 1.23. The molecule has 0 saturated carbocycles. The second kappa shape index (κ2) is 8.57. The van der Waals surface area contributed by atoms with Crippen LogP contribution in [0.1, 0.15) is 25.1 Å². The molecule has 0 bridgehead atoms. The number of hydrogen-bond donors (Lipinski definition) is 1. The standard InChI is InChI=1S/C16H24N2S2/c1-3-18(4-2)9-6-8-17-12-15-11-14(13-20-15)16-7-5-10-19-16/h5,7,10-11,13,17H,3-4,6,8-9,12H2,1-2H3. The van der Waals surface area contributed by atoms with E-state index in [-0.39, 0.29) is 0 Å². The molecule has 0 aliphatic rings. The fourth-order valence-electron chi connectivity index (χ4n) is 2.22. The Morgan fingerprint density at radius 1 is 1.20 bits per heavy atom. The normalized spacial score (nSPS) is 11.3. The fourth-order valence-corrected chi connectivity index (χ4v) is 3.87. The second-order valence-electron chi connectivity index (χ2n) is 4.84. The highest BCUT2D eigenvalue weighted by Gasteiger charge is 2.03. The molecule has 2 aromatic rings. The van der Waals surface area contributed by atoms with Crippen LogP contribution in [0.15, 0.2) is 29.0 Å². The zero-order chi connectivity index (χ0) is 14.2. The van der Waals surface area contributed by atoms with Gasteiger partial charge in [0.15, 0.2) is 0 Å². The van der Waals surface area contributed by atoms with Crippen molar-refractivity contribution in [3.8, 4) is 10.4 Å². The minimum Gasteiger partial charge on any atom is -0.312 e. The molecule has 110 valence electrons. The van der Waals surface area contributed by atoms with E-state index in [1.165, 1.54) is 28.3 Å². The molecule has 0 aliphatic heterocycles. The van der Waals surface area contributed by atoms with Crippen molar-refractivity contribution in [2.75, 3.05) is 26.2 Å². The lowest BCUT2D eigenvalue weighted by Gasteiger charge is -2.17. The summed E-state index contributed by atoms with van der Waals surface area (Å²) in [7, 11) is 0. The Bertz CT molecular complexity index is 472. The van der Waals surface area contributed by atoms with Crippen molar-refractivity contribution in [2.45, 2.75) is 26.8 Å². The van der Waals surface area contributed by atoms with E-state index in [0.717, 1.165) is 26.2 Å². The number of nitrogens with one attached hydrogen (secondary N) is 1. The highest BCUT2D eigenvalue weighted by Crippen LogP contribution is 2.29. The summed E-state index contributed by atoms with van der Waals surface area (Å²) in [5.41, 5.74) is 1.37. The number of thiophene rings is 2. The predicted molar refractivity (Wildman–Crippen MR) is 91.7 cm³/mol. The molecule has 0 unspecified atom stereocenters. The molecule has 2 rings (SSSR count). The summed E-state index contributed by atoms with van der Waals surface area (Å²) in [6.45, 7) is 10.1. The lowest BCUT2D eigenvalue weighted by atomic mass is 10.2. The van der Waals surface area contributed by atoms with E-state index in [0.29, 0.717) is 0 Å². The SMILES string of the molecule is CCN(CC)CCCNCc1cc(-c2cccs2)cs1. The van der Waals surface area contributed by atoms with Gasteiger partial charge in [-0.05, 0) is 55.5 Å². The van der Waals surface area contributed by atoms with E-state index < -0.39 is 0 Å². The van der Waals surface area contributed by atoms with Crippen LogP contribution in [0, 0.1) is 0 Å². The van der Waals surface area contributed by atoms with Crippen molar-refractivity contribution in [1.29, 1.82) is 0 Å². The summed E-state index contributed by atoms with van der Waals surface area (Å²) < 4.78 is 0. The van der Waals surface area contributed by atoms with Crippen LogP contribution < -0.4 is 5.32 Å². The quantitative estimate of drug-likeness (QED) is 0.695. The van der Waals surface area contributed by atoms with E-state index in [9.17, 15) is 0 Å². The maximum Gasteiger partial charge on any atom is 0.0351 e. The van der Waals surface area contributed by atoms with Gasteiger partial charge in [-0.2, -0.15) is 0 Å². The Morgan fingerprint density at radius 3 is 2.75 bits per heavy atom. The van der Waals surface area contributed by atoms with Crippen LogP contribution in [0.2, 0.25) is 0 Å². The maximum atomic E-state index is 3.55. The molecular formula is C16H24N2S2. The molecule has 2 heterocycles. The van der Waals surface area contributed by atoms with Crippen LogP contribution in [0.4, 0.5) is 0 Å². The highest BCUT2D eigenvalue weighted by atomic mass is 32.1. The van der Waals surface area contributed by atoms with Gasteiger partial charge in [0.05, 0.1) is 0 Å². The third-order valence-electron chi connectivity index (χ3n) is 3.48. The summed E-state index contributed by atoms with van der Waals surface area (Å²) in [6, 6.07) is 6.62. The first-order valence-corrected chi connectivity index (χ1v) is 9.13. The van der Waals surface area contributed by atoms with Gasteiger partial charge in [0, 0.05) is 21.9 Å². The largest absolute Gasteiger partial charge is 0.312 e. The first-order valence-electron chi connectivity index (χ1n) is 7.37. The minimum atomic E-state index is 0.994. The topological polar surface area (TPSA) is 15.3 Å². The molecule has 0 aromatic carbocycles. The monoisotopic (exact) mass is 308 g/mol. The van der Waals surface area contributed by atoms with Gasteiger partial charge >= 0.3 is 0 Å². The summed E-state index contributed by atoms with van der Waals surface area (Å²) in [5, 5.41) is 7.95. The van der Waals surface area contributed by atoms with Crippen molar-refractivity contribution < 1.29 is 0 Å². The minimum absolute atomic E-state index is 0.994. The summed E-state index contributed by atoms with van der Waals surface area (Å²) in [4.78, 5) is 5.27. The zero-order valence-corrected chi connectivity index (χ0v) is 14.0. The smallest absolute Gasteiger partial charge is 0.0351 e. The molecule has 0 atom stereocenters. The lowest BCUT2D eigenvalue weighted by molar-refractivity contribution is 0.298. The first-order chi connectivity index (χ1) is 9.83. The van der Waals surface area contributed by atoms with E-state index >= 15 is 0 Å². The molecule has 2 nitrogen and oxygen atoms in total. The number of hydrogen-bond acceptors (Lipinski definition) is 4. The predicted octanol–water partition coefficient (Wildman–Crippen LogP) is 4.30. The highest BCUT2D eigenvalue weighted by molar-refractivity contribution is 7.14. The number of rotatable bonds is 9. The Balaban J connectivity index is 1.67. The van der Waals surface area contributed by atoms with Gasteiger partial charge in [0.25, 0.3) is 0 Å². The molecule has 0 fully saturated rings. The third-order valence-corrected chi connectivity index (χ3v) is 5.34. The van der Waals surface area contributed by atoms with E-state index in [1.807, 2.05) is 22.7 Å². The van der Waals surface area contributed by atoms with Crippen molar-refractivity contribution in [3.05, 3.63) is 33.8 Å². The van der Waals surface area contributed by atoms with Crippen LogP contribution in [0.5, 0.6) is 0 Å². The van der Waals surface area contributed by atoms with Crippen LogP contribution in [0.25, 0.3) is 10.4 Å². The summed E-state index contributed by atoms with van der Waals surface area (Å²) in [5.74, 6) is 0. The van der Waals surface area contributed by atoms with Crippen molar-refractivity contribution in [1.82, 2.24) is 10.2 Å². The Morgan fingerprint density at radius 2 is 2.05 bits per heavy atom. The van der Waals surface area contributed by atoms with Gasteiger partial charge in [0.1, 0.15) is 0 Å². The third kappa shape index (κ3) is 4.70. The van der Waals surface area contributed by atoms with E-state index in [1.54, 1.807) is 0 Å². The molecule has 0 saturated heterocycles. The Labute approximate surface area is 130 Å². The molecule has 20 heavy (non-hydrogen) atoms. The molecule has 0 amide bonds. The summed E-state index contributed by atoms with van der Waals surface area (Å²) >= 11 is 3.67. The van der Waals surface area contributed by atoms with Crippen molar-refractivity contribution in [2.24, 2.45) is 0 Å². The van der Waals surface area contributed by atoms with Gasteiger partial charge in [-0.1, -0.05) is 19.9 Å². The zero-order valence-electron chi connectivity index (χ0n) is 12.4. The molecule has 0 aliphatic carbocycles. The van der Waals surface area contributed by atoms with Crippen LogP contribution in [-0.2, 0) is 6.54 Å². The molecule has 0 radical (unpaired) electrons. The Kier molecular flexibility index (Phi) is 6.73. The second-order valence-corrected chi connectivity index (χ2v) is 6.78. The van der Waals surface area contributed by atoms with Gasteiger partial charge in [-0.3, -0.25) is 0 Å². The Hall–Kier alpha value is -0.680.